The summed E-state index contributed by atoms with van der Waals surface area (Å²) in [6.45, 7) is 8.67. The summed E-state index contributed by atoms with van der Waals surface area (Å²) in [5.74, 6) is 0. The lowest BCUT2D eigenvalue weighted by atomic mass is 9.97. The minimum Gasteiger partial charge on any atom is -0.0835 e. The van der Waals surface area contributed by atoms with Crippen LogP contribution in [0.5, 0.6) is 0 Å². The highest BCUT2D eigenvalue weighted by Crippen LogP contribution is 2.29. The van der Waals surface area contributed by atoms with Crippen LogP contribution in [0.4, 0.5) is 0 Å². The molecule has 0 aliphatic carbocycles. The van der Waals surface area contributed by atoms with Gasteiger partial charge in [-0.05, 0) is 50.8 Å². The third-order valence-electron chi connectivity index (χ3n) is 3.51. The molecule has 100 valence electrons. The molecule has 0 spiro atoms. The van der Waals surface area contributed by atoms with Crippen molar-refractivity contribution < 1.29 is 0 Å². The number of hydrogen-bond donors (Lipinski definition) is 0. The van der Waals surface area contributed by atoms with Gasteiger partial charge in [0.2, 0.25) is 0 Å². The molecule has 1 heteroatoms. The fourth-order valence-corrected chi connectivity index (χ4v) is 3.13. The third kappa shape index (κ3) is 3.70. The van der Waals surface area contributed by atoms with Crippen LogP contribution in [0.1, 0.15) is 38.2 Å². The number of halogens is 1. The van der Waals surface area contributed by atoms with Crippen LogP contribution in [0.3, 0.4) is 0 Å². The normalized spacial score (nSPS) is 12.5. The van der Waals surface area contributed by atoms with E-state index in [9.17, 15) is 0 Å². The van der Waals surface area contributed by atoms with E-state index in [2.05, 4.69) is 80.0 Å². The van der Waals surface area contributed by atoms with Gasteiger partial charge < -0.3 is 0 Å². The Morgan fingerprint density at radius 2 is 1.47 bits per heavy atom. The smallest absolute Gasteiger partial charge is 0.0435 e. The maximum Gasteiger partial charge on any atom is 0.0435 e. The third-order valence-corrected chi connectivity index (χ3v) is 4.36. The van der Waals surface area contributed by atoms with Gasteiger partial charge in [0.15, 0.2) is 0 Å². The molecular formula is C18H21Br. The highest BCUT2D eigenvalue weighted by Gasteiger charge is 2.11. The van der Waals surface area contributed by atoms with Crippen molar-refractivity contribution in [2.75, 3.05) is 0 Å². The molecule has 0 heterocycles. The van der Waals surface area contributed by atoms with Crippen LogP contribution in [-0.2, 0) is 6.42 Å². The largest absolute Gasteiger partial charge is 0.0835 e. The van der Waals surface area contributed by atoms with Crippen molar-refractivity contribution in [3.63, 3.8) is 0 Å². The lowest BCUT2D eigenvalue weighted by molar-refractivity contribution is 0.932. The van der Waals surface area contributed by atoms with E-state index in [0.717, 1.165) is 6.42 Å². The summed E-state index contributed by atoms with van der Waals surface area (Å²) in [4.78, 5) is 0.381. The van der Waals surface area contributed by atoms with Gasteiger partial charge in [-0.15, -0.1) is 0 Å². The molecule has 19 heavy (non-hydrogen) atoms. The van der Waals surface area contributed by atoms with Crippen LogP contribution >= 0.6 is 15.9 Å². The first-order chi connectivity index (χ1) is 8.95. The summed E-state index contributed by atoms with van der Waals surface area (Å²) in [5.41, 5.74) is 8.18. The van der Waals surface area contributed by atoms with Crippen molar-refractivity contribution in [1.29, 1.82) is 0 Å². The summed E-state index contributed by atoms with van der Waals surface area (Å²) in [6, 6.07) is 13.5. The van der Waals surface area contributed by atoms with Crippen LogP contribution < -0.4 is 0 Å². The fraction of sp³-hybridized carbons (Fsp3) is 0.333. The van der Waals surface area contributed by atoms with Crippen molar-refractivity contribution >= 4 is 15.9 Å². The maximum absolute atomic E-state index is 3.85. The zero-order valence-corrected chi connectivity index (χ0v) is 13.7. The lowest BCUT2D eigenvalue weighted by Crippen LogP contribution is -1.99. The molecule has 2 aromatic carbocycles. The molecule has 0 radical (unpaired) electrons. The molecule has 0 amide bonds. The number of hydrogen-bond acceptors (Lipinski definition) is 0. The molecule has 2 rings (SSSR count). The second-order valence-electron chi connectivity index (χ2n) is 5.52. The van der Waals surface area contributed by atoms with Crippen molar-refractivity contribution in [2.24, 2.45) is 0 Å². The Morgan fingerprint density at radius 3 is 2.11 bits per heavy atom. The SMILES string of the molecule is Cc1cc(C)cc(C(Br)Cc2cc(C)ccc2C)c1. The molecule has 0 aromatic heterocycles. The van der Waals surface area contributed by atoms with E-state index in [-0.39, 0.29) is 0 Å². The van der Waals surface area contributed by atoms with Crippen molar-refractivity contribution in [3.8, 4) is 0 Å². The Labute approximate surface area is 125 Å². The molecule has 1 unspecified atom stereocenters. The molecule has 0 aliphatic heterocycles. The first-order valence-electron chi connectivity index (χ1n) is 6.74. The number of alkyl halides is 1. The van der Waals surface area contributed by atoms with Gasteiger partial charge in [0.05, 0.1) is 0 Å². The number of aryl methyl sites for hydroxylation is 4. The van der Waals surface area contributed by atoms with Gasteiger partial charge in [-0.2, -0.15) is 0 Å². The van der Waals surface area contributed by atoms with Gasteiger partial charge >= 0.3 is 0 Å². The van der Waals surface area contributed by atoms with Crippen LogP contribution in [0.15, 0.2) is 36.4 Å². The first-order valence-corrected chi connectivity index (χ1v) is 7.65. The number of rotatable bonds is 3. The van der Waals surface area contributed by atoms with Crippen LogP contribution in [0.25, 0.3) is 0 Å². The van der Waals surface area contributed by atoms with E-state index in [0.29, 0.717) is 4.83 Å². The van der Waals surface area contributed by atoms with Gasteiger partial charge in [0.25, 0.3) is 0 Å². The van der Waals surface area contributed by atoms with Gasteiger partial charge in [-0.1, -0.05) is 69.0 Å². The summed E-state index contributed by atoms with van der Waals surface area (Å²) >= 11 is 3.85. The molecule has 2 aromatic rings. The first kappa shape index (κ1) is 14.3. The molecule has 0 fully saturated rings. The predicted molar refractivity (Wildman–Crippen MR) is 87.2 cm³/mol. The molecular weight excluding hydrogens is 296 g/mol. The second kappa shape index (κ2) is 5.92. The van der Waals surface area contributed by atoms with E-state index in [4.69, 9.17) is 0 Å². The Kier molecular flexibility index (Phi) is 4.46. The Morgan fingerprint density at radius 1 is 0.842 bits per heavy atom. The second-order valence-corrected chi connectivity index (χ2v) is 6.63. The van der Waals surface area contributed by atoms with Crippen molar-refractivity contribution in [2.45, 2.75) is 38.9 Å². The highest BCUT2D eigenvalue weighted by atomic mass is 79.9. The summed E-state index contributed by atoms with van der Waals surface area (Å²) in [7, 11) is 0. The molecule has 0 saturated carbocycles. The van der Waals surface area contributed by atoms with E-state index in [1.165, 1.54) is 33.4 Å². The molecule has 0 N–H and O–H groups in total. The minimum atomic E-state index is 0.381. The van der Waals surface area contributed by atoms with E-state index >= 15 is 0 Å². The standard InChI is InChI=1S/C18H21Br/c1-12-5-6-15(4)16(8-12)11-18(19)17-9-13(2)7-14(3)10-17/h5-10,18H,11H2,1-4H3. The Balaban J connectivity index is 2.25. The van der Waals surface area contributed by atoms with Crippen molar-refractivity contribution in [1.82, 2.24) is 0 Å². The zero-order valence-electron chi connectivity index (χ0n) is 12.1. The van der Waals surface area contributed by atoms with Crippen LogP contribution in [0.2, 0.25) is 0 Å². The average molecular weight is 317 g/mol. The van der Waals surface area contributed by atoms with E-state index in [1.54, 1.807) is 0 Å². The Hall–Kier alpha value is -1.08. The summed E-state index contributed by atoms with van der Waals surface area (Å²) in [6.07, 6.45) is 1.04. The molecule has 0 nitrogen and oxygen atoms in total. The summed E-state index contributed by atoms with van der Waals surface area (Å²) < 4.78 is 0. The Bertz CT molecular complexity index is 564. The molecule has 0 bridgehead atoms. The summed E-state index contributed by atoms with van der Waals surface area (Å²) in [5, 5.41) is 0. The lowest BCUT2D eigenvalue weighted by Gasteiger charge is -2.14. The minimum absolute atomic E-state index is 0.381. The van der Waals surface area contributed by atoms with Gasteiger partial charge in [0, 0.05) is 4.83 Å². The van der Waals surface area contributed by atoms with Crippen LogP contribution in [-0.4, -0.2) is 0 Å². The monoisotopic (exact) mass is 316 g/mol. The maximum atomic E-state index is 3.85. The van der Waals surface area contributed by atoms with E-state index in [1.807, 2.05) is 0 Å². The molecule has 0 aliphatic rings. The zero-order chi connectivity index (χ0) is 14.0. The predicted octanol–water partition coefficient (Wildman–Crippen LogP) is 5.60. The van der Waals surface area contributed by atoms with Crippen LogP contribution in [0, 0.1) is 27.7 Å². The topological polar surface area (TPSA) is 0 Å². The molecule has 0 saturated heterocycles. The van der Waals surface area contributed by atoms with Crippen molar-refractivity contribution in [3.05, 3.63) is 69.8 Å². The molecule has 1 atom stereocenters. The van der Waals surface area contributed by atoms with Gasteiger partial charge in [0.1, 0.15) is 0 Å². The quantitative estimate of drug-likeness (QED) is 0.647. The fourth-order valence-electron chi connectivity index (χ4n) is 2.52. The van der Waals surface area contributed by atoms with Gasteiger partial charge in [-0.3, -0.25) is 0 Å². The van der Waals surface area contributed by atoms with Gasteiger partial charge in [-0.25, -0.2) is 0 Å². The number of benzene rings is 2. The highest BCUT2D eigenvalue weighted by molar-refractivity contribution is 9.09. The van der Waals surface area contributed by atoms with E-state index < -0.39 is 0 Å². The average Bonchev–Trinajstić information content (AvgIpc) is 2.32.